The lowest BCUT2D eigenvalue weighted by atomic mass is 9.85. The van der Waals surface area contributed by atoms with Crippen molar-refractivity contribution in [2.45, 2.75) is 12.3 Å². The van der Waals surface area contributed by atoms with E-state index in [2.05, 4.69) is 11.4 Å². The van der Waals surface area contributed by atoms with Crippen LogP contribution in [0.15, 0.2) is 36.4 Å². The molecule has 1 unspecified atom stereocenters. The van der Waals surface area contributed by atoms with E-state index in [1.54, 1.807) is 21.3 Å². The van der Waals surface area contributed by atoms with E-state index in [1.807, 2.05) is 30.3 Å². The number of hydrogen-bond acceptors (Lipinski definition) is 4. The van der Waals surface area contributed by atoms with E-state index in [0.29, 0.717) is 17.2 Å². The second kappa shape index (κ2) is 6.46. The minimum Gasteiger partial charge on any atom is -0.493 e. The monoisotopic (exact) mass is 329 g/mol. The Hall–Kier alpha value is -2.27. The van der Waals surface area contributed by atoms with Crippen molar-refractivity contribution in [1.82, 2.24) is 0 Å². The Balaban J connectivity index is 2.13. The fourth-order valence-corrected chi connectivity index (χ4v) is 3.29. The van der Waals surface area contributed by atoms with Crippen LogP contribution in [0.25, 0.3) is 0 Å². The van der Waals surface area contributed by atoms with Gasteiger partial charge in [-0.25, -0.2) is 0 Å². The van der Waals surface area contributed by atoms with Gasteiger partial charge in [0.05, 0.1) is 26.3 Å². The van der Waals surface area contributed by atoms with E-state index in [9.17, 15) is 0 Å². The molecule has 1 aliphatic heterocycles. The van der Waals surface area contributed by atoms with Gasteiger partial charge in [0, 0.05) is 18.0 Å². The summed E-state index contributed by atoms with van der Waals surface area (Å²) in [4.78, 5) is 0.836. The molecule has 1 atom stereocenters. The SMILES string of the molecule is COc1cc(C2CC(=S)Nc3ccccc32)cc(OC)c1OC. The van der Waals surface area contributed by atoms with Crippen molar-refractivity contribution in [2.75, 3.05) is 26.6 Å². The highest BCUT2D eigenvalue weighted by Crippen LogP contribution is 2.44. The molecule has 2 aromatic rings. The van der Waals surface area contributed by atoms with Crippen molar-refractivity contribution in [1.29, 1.82) is 0 Å². The molecule has 0 amide bonds. The average Bonchev–Trinajstić information content (AvgIpc) is 2.59. The molecule has 0 aromatic heterocycles. The number of ether oxygens (including phenoxy) is 3. The van der Waals surface area contributed by atoms with Gasteiger partial charge in [-0.05, 0) is 29.3 Å². The van der Waals surface area contributed by atoms with Crippen LogP contribution in [0, 0.1) is 0 Å². The summed E-state index contributed by atoms with van der Waals surface area (Å²) in [7, 11) is 4.86. The molecule has 0 radical (unpaired) electrons. The molecule has 0 spiro atoms. The summed E-state index contributed by atoms with van der Waals surface area (Å²) >= 11 is 5.43. The zero-order chi connectivity index (χ0) is 16.4. The van der Waals surface area contributed by atoms with E-state index in [4.69, 9.17) is 26.4 Å². The number of methoxy groups -OCH3 is 3. The number of nitrogens with one attached hydrogen (secondary N) is 1. The second-order valence-electron chi connectivity index (χ2n) is 5.35. The van der Waals surface area contributed by atoms with E-state index in [-0.39, 0.29) is 5.92 Å². The van der Waals surface area contributed by atoms with Crippen LogP contribution in [0.5, 0.6) is 17.2 Å². The molecule has 1 aliphatic rings. The first-order valence-electron chi connectivity index (χ1n) is 7.36. The summed E-state index contributed by atoms with van der Waals surface area (Å²) in [6.45, 7) is 0. The van der Waals surface area contributed by atoms with E-state index < -0.39 is 0 Å². The second-order valence-corrected chi connectivity index (χ2v) is 5.84. The van der Waals surface area contributed by atoms with Crippen LogP contribution in [0.1, 0.15) is 23.5 Å². The molecule has 120 valence electrons. The summed E-state index contributed by atoms with van der Waals surface area (Å²) in [6.07, 6.45) is 0.755. The first-order chi connectivity index (χ1) is 11.2. The summed E-state index contributed by atoms with van der Waals surface area (Å²) in [5.41, 5.74) is 3.37. The number of benzene rings is 2. The van der Waals surface area contributed by atoms with Crippen LogP contribution in [0.3, 0.4) is 0 Å². The van der Waals surface area contributed by atoms with Crippen LogP contribution in [0.2, 0.25) is 0 Å². The van der Waals surface area contributed by atoms with E-state index >= 15 is 0 Å². The Morgan fingerprint density at radius 2 is 1.65 bits per heavy atom. The van der Waals surface area contributed by atoms with Crippen LogP contribution in [0.4, 0.5) is 5.69 Å². The molecule has 2 aromatic carbocycles. The summed E-state index contributed by atoms with van der Waals surface area (Å²) in [5.74, 6) is 2.07. The lowest BCUT2D eigenvalue weighted by Crippen LogP contribution is -2.22. The smallest absolute Gasteiger partial charge is 0.203 e. The minimum atomic E-state index is 0.161. The van der Waals surface area contributed by atoms with E-state index in [1.165, 1.54) is 5.56 Å². The predicted molar refractivity (Wildman–Crippen MR) is 95.2 cm³/mol. The number of rotatable bonds is 4. The third kappa shape index (κ3) is 2.84. The first kappa shape index (κ1) is 15.6. The zero-order valence-electron chi connectivity index (χ0n) is 13.4. The van der Waals surface area contributed by atoms with Gasteiger partial charge in [-0.1, -0.05) is 30.4 Å². The van der Waals surface area contributed by atoms with Gasteiger partial charge < -0.3 is 19.5 Å². The number of hydrogen-bond donors (Lipinski definition) is 1. The standard InChI is InChI=1S/C18H19NO3S/c1-20-15-8-11(9-16(21-2)18(15)22-3)13-10-17(23)19-14-7-5-4-6-12(13)14/h4-9,13H,10H2,1-3H3,(H,19,23). The van der Waals surface area contributed by atoms with Gasteiger partial charge in [-0.3, -0.25) is 0 Å². The Kier molecular flexibility index (Phi) is 4.39. The molecule has 0 fully saturated rings. The Labute approximate surface area is 141 Å². The number of fused-ring (bicyclic) bond motifs is 1. The highest BCUT2D eigenvalue weighted by atomic mass is 32.1. The van der Waals surface area contributed by atoms with Gasteiger partial charge in [-0.2, -0.15) is 0 Å². The normalized spacial score (nSPS) is 16.3. The highest BCUT2D eigenvalue weighted by Gasteiger charge is 2.26. The van der Waals surface area contributed by atoms with Gasteiger partial charge in [0.1, 0.15) is 0 Å². The van der Waals surface area contributed by atoms with Crippen LogP contribution >= 0.6 is 12.2 Å². The van der Waals surface area contributed by atoms with Crippen LogP contribution in [-0.4, -0.2) is 26.3 Å². The zero-order valence-corrected chi connectivity index (χ0v) is 14.2. The maximum Gasteiger partial charge on any atom is 0.203 e. The molecular formula is C18H19NO3S. The van der Waals surface area contributed by atoms with Crippen LogP contribution < -0.4 is 19.5 Å². The van der Waals surface area contributed by atoms with Crippen LogP contribution in [-0.2, 0) is 0 Å². The molecule has 0 saturated carbocycles. The Morgan fingerprint density at radius 1 is 1.00 bits per heavy atom. The Bertz CT molecular complexity index is 720. The van der Waals surface area contributed by atoms with Crippen molar-refractivity contribution < 1.29 is 14.2 Å². The van der Waals surface area contributed by atoms with Crippen molar-refractivity contribution in [3.05, 3.63) is 47.5 Å². The third-order valence-electron chi connectivity index (χ3n) is 4.09. The van der Waals surface area contributed by atoms with Gasteiger partial charge >= 0.3 is 0 Å². The molecule has 1 N–H and O–H groups in total. The van der Waals surface area contributed by atoms with Crippen molar-refractivity contribution in [3.8, 4) is 17.2 Å². The molecule has 0 bridgehead atoms. The predicted octanol–water partition coefficient (Wildman–Crippen LogP) is 3.99. The summed E-state index contributed by atoms with van der Waals surface area (Å²) < 4.78 is 16.3. The summed E-state index contributed by atoms with van der Waals surface area (Å²) in [5, 5.41) is 3.28. The van der Waals surface area contributed by atoms with Gasteiger partial charge in [0.2, 0.25) is 5.75 Å². The van der Waals surface area contributed by atoms with Crippen molar-refractivity contribution in [3.63, 3.8) is 0 Å². The fourth-order valence-electron chi connectivity index (χ4n) is 3.01. The maximum absolute atomic E-state index is 5.47. The van der Waals surface area contributed by atoms with Gasteiger partial charge in [-0.15, -0.1) is 0 Å². The molecule has 4 nitrogen and oxygen atoms in total. The number of anilines is 1. The molecular weight excluding hydrogens is 310 g/mol. The van der Waals surface area contributed by atoms with E-state index in [0.717, 1.165) is 22.7 Å². The Morgan fingerprint density at radius 3 is 2.26 bits per heavy atom. The minimum absolute atomic E-state index is 0.161. The molecule has 3 rings (SSSR count). The first-order valence-corrected chi connectivity index (χ1v) is 7.77. The molecule has 0 aliphatic carbocycles. The number of thiocarbonyl (C=S) groups is 1. The topological polar surface area (TPSA) is 39.7 Å². The number of para-hydroxylation sites is 1. The van der Waals surface area contributed by atoms with Crippen molar-refractivity contribution >= 4 is 22.9 Å². The molecule has 0 saturated heterocycles. The quantitative estimate of drug-likeness (QED) is 0.859. The highest BCUT2D eigenvalue weighted by molar-refractivity contribution is 7.80. The van der Waals surface area contributed by atoms with Gasteiger partial charge in [0.25, 0.3) is 0 Å². The summed E-state index contributed by atoms with van der Waals surface area (Å²) in [6, 6.07) is 12.2. The third-order valence-corrected chi connectivity index (χ3v) is 4.36. The fraction of sp³-hybridized carbons (Fsp3) is 0.278. The van der Waals surface area contributed by atoms with Crippen molar-refractivity contribution in [2.24, 2.45) is 0 Å². The molecule has 1 heterocycles. The maximum atomic E-state index is 5.47. The average molecular weight is 329 g/mol. The molecule has 5 heteroatoms. The molecule has 23 heavy (non-hydrogen) atoms. The lowest BCUT2D eigenvalue weighted by molar-refractivity contribution is 0.323. The van der Waals surface area contributed by atoms with Gasteiger partial charge in [0.15, 0.2) is 11.5 Å². The lowest BCUT2D eigenvalue weighted by Gasteiger charge is -2.28. The largest absolute Gasteiger partial charge is 0.493 e.